The zero-order valence-corrected chi connectivity index (χ0v) is 20.0. The van der Waals surface area contributed by atoms with Crippen molar-refractivity contribution in [3.8, 4) is 17.4 Å². The van der Waals surface area contributed by atoms with Crippen molar-refractivity contribution in [2.45, 2.75) is 39.3 Å². The topological polar surface area (TPSA) is 82.8 Å². The van der Waals surface area contributed by atoms with Gasteiger partial charge in [-0.25, -0.2) is 15.0 Å². The number of nitrogens with one attached hydrogen (secondary N) is 2. The molecule has 3 aromatic rings. The second-order valence-electron chi connectivity index (χ2n) is 8.18. The lowest BCUT2D eigenvalue weighted by Gasteiger charge is -2.13. The molecule has 10 heteroatoms. The van der Waals surface area contributed by atoms with Gasteiger partial charge in [0.05, 0.1) is 18.7 Å². The quantitative estimate of drug-likeness (QED) is 0.502. The Morgan fingerprint density at radius 3 is 2.72 bits per heavy atom. The van der Waals surface area contributed by atoms with Crippen molar-refractivity contribution < 1.29 is 27.6 Å². The van der Waals surface area contributed by atoms with Crippen LogP contribution in [0, 0.1) is 0 Å². The Hall–Kier alpha value is -3.95. The van der Waals surface area contributed by atoms with E-state index in [1.54, 1.807) is 18.6 Å². The third kappa shape index (κ3) is 6.18. The van der Waals surface area contributed by atoms with Crippen molar-refractivity contribution in [2.24, 2.45) is 4.99 Å². The van der Waals surface area contributed by atoms with Crippen LogP contribution in [0.4, 0.5) is 19.0 Å². The predicted molar refractivity (Wildman–Crippen MR) is 128 cm³/mol. The number of allylic oxidation sites excluding steroid dienone is 1. The van der Waals surface area contributed by atoms with Crippen LogP contribution < -0.4 is 30.5 Å². The van der Waals surface area contributed by atoms with Crippen molar-refractivity contribution in [2.75, 3.05) is 18.5 Å². The number of hydrogen-bond donors (Lipinski definition) is 1. The number of halogens is 3. The number of rotatable bonds is 8. The van der Waals surface area contributed by atoms with E-state index in [1.165, 1.54) is 11.6 Å². The van der Waals surface area contributed by atoms with Crippen LogP contribution in [0.15, 0.2) is 60.1 Å². The van der Waals surface area contributed by atoms with Crippen LogP contribution in [0.5, 0.6) is 17.4 Å². The first-order valence-electron chi connectivity index (χ1n) is 11.6. The molecule has 0 fully saturated rings. The fourth-order valence-electron chi connectivity index (χ4n) is 3.78. The van der Waals surface area contributed by atoms with Crippen LogP contribution in [-0.2, 0) is 12.6 Å². The van der Waals surface area contributed by atoms with Gasteiger partial charge < -0.3 is 14.8 Å². The predicted octanol–water partition coefficient (Wildman–Crippen LogP) is 4.25. The SMILES string of the molecule is CCOc1cc(CCNc2[nH+]cnc3c2=C(C)CCC=CN=3)ccc1Oc1ccc(C(F)(F)F)cn1. The van der Waals surface area contributed by atoms with E-state index in [9.17, 15) is 13.2 Å². The summed E-state index contributed by atoms with van der Waals surface area (Å²) in [5.74, 6) is 1.79. The van der Waals surface area contributed by atoms with Crippen LogP contribution in [0.1, 0.15) is 37.8 Å². The fourth-order valence-corrected chi connectivity index (χ4v) is 3.78. The third-order valence-electron chi connectivity index (χ3n) is 5.59. The maximum absolute atomic E-state index is 12.8. The summed E-state index contributed by atoms with van der Waals surface area (Å²) in [5, 5.41) is 4.44. The van der Waals surface area contributed by atoms with E-state index in [2.05, 4.69) is 32.2 Å². The number of fused-ring (bicyclic) bond motifs is 1. The molecule has 1 aliphatic rings. The number of aromatic nitrogens is 3. The molecule has 4 rings (SSSR count). The Bertz CT molecular complexity index is 1360. The summed E-state index contributed by atoms with van der Waals surface area (Å²) in [6.07, 6.45) is 4.31. The molecular weight excluding hydrogens is 471 g/mol. The number of anilines is 1. The lowest BCUT2D eigenvalue weighted by molar-refractivity contribution is -0.367. The third-order valence-corrected chi connectivity index (χ3v) is 5.59. The normalized spacial score (nSPS) is 13.3. The Morgan fingerprint density at radius 1 is 1.11 bits per heavy atom. The largest absolute Gasteiger partial charge is 0.490 e. The van der Waals surface area contributed by atoms with Crippen molar-refractivity contribution >= 4 is 11.4 Å². The van der Waals surface area contributed by atoms with Gasteiger partial charge in [-0.15, -0.1) is 0 Å². The van der Waals surface area contributed by atoms with Gasteiger partial charge in [0.15, 0.2) is 11.5 Å². The van der Waals surface area contributed by atoms with Gasteiger partial charge in [0, 0.05) is 24.9 Å². The second kappa shape index (κ2) is 11.2. The smallest absolute Gasteiger partial charge is 0.417 e. The highest BCUT2D eigenvalue weighted by Gasteiger charge is 2.30. The van der Waals surface area contributed by atoms with Gasteiger partial charge in [0.1, 0.15) is 5.22 Å². The molecule has 2 aromatic heterocycles. The highest BCUT2D eigenvalue weighted by Crippen LogP contribution is 2.34. The fraction of sp³-hybridized carbons (Fsp3) is 0.308. The summed E-state index contributed by atoms with van der Waals surface area (Å²) in [6.45, 7) is 4.99. The molecule has 0 bridgehead atoms. The average molecular weight is 499 g/mol. The molecule has 0 saturated heterocycles. The maximum Gasteiger partial charge on any atom is 0.417 e. The van der Waals surface area contributed by atoms with Crippen LogP contribution in [-0.4, -0.2) is 23.1 Å². The molecule has 1 aromatic carbocycles. The standard InChI is InChI=1S/C26H26F3N5O2/c1-3-35-21-14-18(7-9-20(21)36-22-10-8-19(15-32-22)26(27,28)29)11-13-31-25-23-17(2)6-4-5-12-30-24(23)33-16-34-25/h5,7-10,12,14-16H,3-4,6,11,13H2,1-2H3,(H,30,31,33,34)/p+1. The van der Waals surface area contributed by atoms with E-state index < -0.39 is 11.7 Å². The number of ether oxygens (including phenoxy) is 2. The van der Waals surface area contributed by atoms with Gasteiger partial charge in [0.25, 0.3) is 0 Å². The molecular formula is C26H27F3N5O2+. The molecule has 0 spiro atoms. The van der Waals surface area contributed by atoms with Gasteiger partial charge >= 0.3 is 6.18 Å². The molecule has 2 N–H and O–H groups in total. The van der Waals surface area contributed by atoms with Crippen molar-refractivity contribution in [3.05, 3.63) is 77.0 Å². The summed E-state index contributed by atoms with van der Waals surface area (Å²) < 4.78 is 49.8. The Labute approximate surface area is 206 Å². The van der Waals surface area contributed by atoms with E-state index in [0.29, 0.717) is 36.6 Å². The summed E-state index contributed by atoms with van der Waals surface area (Å²) in [7, 11) is 0. The van der Waals surface area contributed by atoms with Crippen LogP contribution in [0.25, 0.3) is 5.57 Å². The molecule has 188 valence electrons. The molecule has 0 atom stereocenters. The van der Waals surface area contributed by atoms with Gasteiger partial charge in [-0.2, -0.15) is 13.2 Å². The second-order valence-corrected chi connectivity index (χ2v) is 8.18. The molecule has 7 nitrogen and oxygen atoms in total. The number of H-pyrrole nitrogens is 1. The Kier molecular flexibility index (Phi) is 7.82. The Balaban J connectivity index is 1.47. The molecule has 0 unspecified atom stereocenters. The van der Waals surface area contributed by atoms with Gasteiger partial charge in [0.2, 0.25) is 23.5 Å². The minimum absolute atomic E-state index is 0.0509. The van der Waals surface area contributed by atoms with E-state index in [4.69, 9.17) is 9.47 Å². The lowest BCUT2D eigenvalue weighted by Crippen LogP contribution is -2.39. The van der Waals surface area contributed by atoms with Crippen molar-refractivity contribution in [1.82, 2.24) is 9.97 Å². The zero-order valence-electron chi connectivity index (χ0n) is 20.0. The van der Waals surface area contributed by atoms with Crippen molar-refractivity contribution in [3.63, 3.8) is 0 Å². The van der Waals surface area contributed by atoms with Crippen LogP contribution in [0.3, 0.4) is 0 Å². The monoisotopic (exact) mass is 498 g/mol. The first-order valence-corrected chi connectivity index (χ1v) is 11.6. The summed E-state index contributed by atoms with van der Waals surface area (Å²) >= 11 is 0. The van der Waals surface area contributed by atoms with E-state index >= 15 is 0 Å². The summed E-state index contributed by atoms with van der Waals surface area (Å²) in [4.78, 5) is 15.8. The van der Waals surface area contributed by atoms with Crippen LogP contribution in [0.2, 0.25) is 0 Å². The molecule has 3 heterocycles. The molecule has 1 aliphatic heterocycles. The minimum Gasteiger partial charge on any atom is -0.490 e. The number of nitrogens with zero attached hydrogens (tertiary/aromatic N) is 3. The first kappa shape index (κ1) is 25.2. The molecule has 0 radical (unpaired) electrons. The molecule has 0 aliphatic carbocycles. The number of alkyl halides is 3. The molecule has 0 saturated carbocycles. The Morgan fingerprint density at radius 2 is 1.97 bits per heavy atom. The molecule has 36 heavy (non-hydrogen) atoms. The lowest BCUT2D eigenvalue weighted by atomic mass is 10.1. The first-order chi connectivity index (χ1) is 17.3. The van der Waals surface area contributed by atoms with Gasteiger partial charge in [-0.05, 0) is 50.5 Å². The number of benzene rings is 1. The van der Waals surface area contributed by atoms with E-state index in [-0.39, 0.29) is 5.88 Å². The summed E-state index contributed by atoms with van der Waals surface area (Å²) in [5.41, 5.74) is 2.06. The van der Waals surface area contributed by atoms with E-state index in [0.717, 1.165) is 41.7 Å². The van der Waals surface area contributed by atoms with Crippen LogP contribution >= 0.6 is 0 Å². The average Bonchev–Trinajstić information content (AvgIpc) is 2.84. The number of pyridine rings is 1. The zero-order chi connectivity index (χ0) is 25.5. The number of aromatic amines is 1. The van der Waals surface area contributed by atoms with Crippen molar-refractivity contribution in [1.29, 1.82) is 0 Å². The molecule has 0 amide bonds. The van der Waals surface area contributed by atoms with Gasteiger partial charge in [-0.3, -0.25) is 0 Å². The number of hydrogen-bond acceptors (Lipinski definition) is 6. The summed E-state index contributed by atoms with van der Waals surface area (Å²) in [6, 6.07) is 7.61. The van der Waals surface area contributed by atoms with Gasteiger partial charge in [-0.1, -0.05) is 22.7 Å². The minimum atomic E-state index is -4.45. The highest BCUT2D eigenvalue weighted by atomic mass is 19.4. The van der Waals surface area contributed by atoms with E-state index in [1.807, 2.05) is 25.1 Å². The highest BCUT2D eigenvalue weighted by molar-refractivity contribution is 5.49. The maximum atomic E-state index is 12.8.